The Kier molecular flexibility index (Phi) is 5.53. The number of aryl methyl sites for hydroxylation is 1. The fourth-order valence-electron chi connectivity index (χ4n) is 1.57. The maximum atomic E-state index is 11.2. The van der Waals surface area contributed by atoms with Crippen LogP contribution in [0, 0.1) is 6.92 Å². The highest BCUT2D eigenvalue weighted by Crippen LogP contribution is 2.12. The number of benzene rings is 1. The van der Waals surface area contributed by atoms with Crippen LogP contribution in [0.3, 0.4) is 0 Å². The maximum absolute atomic E-state index is 11.2. The van der Waals surface area contributed by atoms with Crippen LogP contribution in [0.1, 0.15) is 32.3 Å². The zero-order valence-corrected chi connectivity index (χ0v) is 10.8. The third kappa shape index (κ3) is 5.38. The molecule has 1 atom stereocenters. The second-order valence-corrected chi connectivity index (χ2v) is 4.26. The molecule has 1 unspecified atom stereocenters. The number of carbonyl (C=O) groups is 1. The van der Waals surface area contributed by atoms with Crippen molar-refractivity contribution in [1.29, 1.82) is 0 Å². The lowest BCUT2D eigenvalue weighted by Crippen LogP contribution is -2.17. The smallest absolute Gasteiger partial charge is 0.305 e. The highest BCUT2D eigenvalue weighted by Gasteiger charge is 2.06. The molecular formula is C14H21NO2. The van der Waals surface area contributed by atoms with Crippen molar-refractivity contribution >= 4 is 11.7 Å². The number of anilines is 1. The molecular weight excluding hydrogens is 214 g/mol. The normalized spacial score (nSPS) is 11.9. The monoisotopic (exact) mass is 235 g/mol. The summed E-state index contributed by atoms with van der Waals surface area (Å²) in [5.41, 5.74) is 2.33. The third-order valence-corrected chi connectivity index (χ3v) is 2.55. The predicted molar refractivity (Wildman–Crippen MR) is 70.1 cm³/mol. The summed E-state index contributed by atoms with van der Waals surface area (Å²) in [5.74, 6) is -0.120. The molecule has 1 N–H and O–H groups in total. The average Bonchev–Trinajstić information content (AvgIpc) is 2.30. The molecule has 1 aromatic carbocycles. The van der Waals surface area contributed by atoms with Gasteiger partial charge < -0.3 is 10.1 Å². The first kappa shape index (κ1) is 13.6. The quantitative estimate of drug-likeness (QED) is 0.770. The Balaban J connectivity index is 2.31. The number of rotatable bonds is 6. The molecule has 17 heavy (non-hydrogen) atoms. The summed E-state index contributed by atoms with van der Waals surface area (Å²) in [4.78, 5) is 11.2. The Morgan fingerprint density at radius 1 is 1.35 bits per heavy atom. The van der Waals surface area contributed by atoms with E-state index >= 15 is 0 Å². The summed E-state index contributed by atoms with van der Waals surface area (Å²) >= 11 is 0. The van der Waals surface area contributed by atoms with E-state index in [1.54, 1.807) is 0 Å². The molecule has 0 heterocycles. The predicted octanol–water partition coefficient (Wildman–Crippen LogP) is 3.14. The van der Waals surface area contributed by atoms with Gasteiger partial charge in [0.25, 0.3) is 0 Å². The lowest BCUT2D eigenvalue weighted by molar-refractivity contribution is -0.143. The Labute approximate surface area is 103 Å². The minimum Gasteiger partial charge on any atom is -0.466 e. The van der Waals surface area contributed by atoms with Gasteiger partial charge in [0.2, 0.25) is 0 Å². The van der Waals surface area contributed by atoms with Crippen LogP contribution < -0.4 is 5.32 Å². The van der Waals surface area contributed by atoms with Crippen molar-refractivity contribution in [2.24, 2.45) is 0 Å². The van der Waals surface area contributed by atoms with Gasteiger partial charge >= 0.3 is 5.97 Å². The van der Waals surface area contributed by atoms with E-state index in [-0.39, 0.29) is 12.0 Å². The van der Waals surface area contributed by atoms with E-state index in [0.717, 1.165) is 12.1 Å². The Hall–Kier alpha value is -1.51. The Morgan fingerprint density at radius 3 is 2.59 bits per heavy atom. The SMILES string of the molecule is CCOC(=O)CCC(C)Nc1ccc(C)cc1. The first-order valence-corrected chi connectivity index (χ1v) is 6.10. The second kappa shape index (κ2) is 6.94. The van der Waals surface area contributed by atoms with Crippen LogP contribution in [0.5, 0.6) is 0 Å². The topological polar surface area (TPSA) is 38.3 Å². The fourth-order valence-corrected chi connectivity index (χ4v) is 1.57. The fraction of sp³-hybridized carbons (Fsp3) is 0.500. The molecule has 0 radical (unpaired) electrons. The van der Waals surface area contributed by atoms with Gasteiger partial charge in [-0.2, -0.15) is 0 Å². The number of nitrogens with one attached hydrogen (secondary N) is 1. The number of esters is 1. The largest absolute Gasteiger partial charge is 0.466 e. The maximum Gasteiger partial charge on any atom is 0.305 e. The number of ether oxygens (including phenoxy) is 1. The second-order valence-electron chi connectivity index (χ2n) is 4.26. The highest BCUT2D eigenvalue weighted by atomic mass is 16.5. The first-order chi connectivity index (χ1) is 8.11. The molecule has 0 amide bonds. The van der Waals surface area contributed by atoms with Crippen molar-refractivity contribution in [2.45, 2.75) is 39.7 Å². The summed E-state index contributed by atoms with van der Waals surface area (Å²) in [6, 6.07) is 8.51. The van der Waals surface area contributed by atoms with E-state index in [1.165, 1.54) is 5.56 Å². The highest BCUT2D eigenvalue weighted by molar-refractivity contribution is 5.69. The third-order valence-electron chi connectivity index (χ3n) is 2.55. The Bertz CT molecular complexity index is 346. The minimum absolute atomic E-state index is 0.120. The minimum atomic E-state index is -0.120. The van der Waals surface area contributed by atoms with Crippen molar-refractivity contribution in [3.8, 4) is 0 Å². The summed E-state index contributed by atoms with van der Waals surface area (Å²) in [6.45, 7) is 6.41. The van der Waals surface area contributed by atoms with Gasteiger partial charge in [-0.05, 0) is 39.3 Å². The van der Waals surface area contributed by atoms with Crippen LogP contribution in [0.25, 0.3) is 0 Å². The van der Waals surface area contributed by atoms with Crippen LogP contribution in [-0.4, -0.2) is 18.6 Å². The lowest BCUT2D eigenvalue weighted by Gasteiger charge is -2.14. The van der Waals surface area contributed by atoms with Crippen LogP contribution in [0.4, 0.5) is 5.69 Å². The first-order valence-electron chi connectivity index (χ1n) is 6.10. The van der Waals surface area contributed by atoms with Crippen LogP contribution in [0.2, 0.25) is 0 Å². The van der Waals surface area contributed by atoms with E-state index in [1.807, 2.05) is 6.92 Å². The zero-order valence-electron chi connectivity index (χ0n) is 10.8. The molecule has 1 aromatic rings. The Morgan fingerprint density at radius 2 is 2.00 bits per heavy atom. The van der Waals surface area contributed by atoms with E-state index in [0.29, 0.717) is 13.0 Å². The molecule has 0 saturated carbocycles. The average molecular weight is 235 g/mol. The van der Waals surface area contributed by atoms with Gasteiger partial charge in [0.1, 0.15) is 0 Å². The van der Waals surface area contributed by atoms with Gasteiger partial charge in [-0.1, -0.05) is 17.7 Å². The van der Waals surface area contributed by atoms with Crippen molar-refractivity contribution < 1.29 is 9.53 Å². The molecule has 0 spiro atoms. The summed E-state index contributed by atoms with van der Waals surface area (Å²) in [6.07, 6.45) is 1.25. The molecule has 0 fully saturated rings. The molecule has 94 valence electrons. The standard InChI is InChI=1S/C14H21NO2/c1-4-17-14(16)10-7-12(3)15-13-8-5-11(2)6-9-13/h5-6,8-9,12,15H,4,7,10H2,1-3H3. The molecule has 0 bridgehead atoms. The van der Waals surface area contributed by atoms with Gasteiger partial charge in [0.05, 0.1) is 6.61 Å². The molecule has 0 saturated heterocycles. The number of hydrogen-bond donors (Lipinski definition) is 1. The molecule has 0 aromatic heterocycles. The lowest BCUT2D eigenvalue weighted by atomic mass is 10.1. The van der Waals surface area contributed by atoms with Gasteiger partial charge in [-0.15, -0.1) is 0 Å². The van der Waals surface area contributed by atoms with Gasteiger partial charge in [-0.25, -0.2) is 0 Å². The molecule has 3 nitrogen and oxygen atoms in total. The zero-order chi connectivity index (χ0) is 12.7. The van der Waals surface area contributed by atoms with Crippen molar-refractivity contribution in [3.05, 3.63) is 29.8 Å². The molecule has 0 aliphatic heterocycles. The van der Waals surface area contributed by atoms with Crippen LogP contribution >= 0.6 is 0 Å². The molecule has 0 aliphatic carbocycles. The van der Waals surface area contributed by atoms with Crippen molar-refractivity contribution in [3.63, 3.8) is 0 Å². The van der Waals surface area contributed by atoms with Crippen molar-refractivity contribution in [2.75, 3.05) is 11.9 Å². The van der Waals surface area contributed by atoms with Crippen LogP contribution in [0.15, 0.2) is 24.3 Å². The number of carbonyl (C=O) groups excluding carboxylic acids is 1. The van der Waals surface area contributed by atoms with E-state index in [9.17, 15) is 4.79 Å². The van der Waals surface area contributed by atoms with E-state index in [4.69, 9.17) is 4.74 Å². The van der Waals surface area contributed by atoms with Gasteiger partial charge in [-0.3, -0.25) is 4.79 Å². The van der Waals surface area contributed by atoms with E-state index < -0.39 is 0 Å². The summed E-state index contributed by atoms with van der Waals surface area (Å²) in [7, 11) is 0. The molecule has 1 rings (SSSR count). The van der Waals surface area contributed by atoms with Crippen LogP contribution in [-0.2, 0) is 9.53 Å². The van der Waals surface area contributed by atoms with E-state index in [2.05, 4.69) is 43.4 Å². The molecule has 3 heteroatoms. The number of hydrogen-bond acceptors (Lipinski definition) is 3. The van der Waals surface area contributed by atoms with Crippen molar-refractivity contribution in [1.82, 2.24) is 0 Å². The summed E-state index contributed by atoms with van der Waals surface area (Å²) < 4.78 is 4.89. The van der Waals surface area contributed by atoms with Gasteiger partial charge in [0, 0.05) is 18.2 Å². The summed E-state index contributed by atoms with van der Waals surface area (Å²) in [5, 5.41) is 3.36. The van der Waals surface area contributed by atoms with Gasteiger partial charge in [0.15, 0.2) is 0 Å². The molecule has 0 aliphatic rings.